The van der Waals surface area contributed by atoms with Crippen molar-refractivity contribution in [1.82, 2.24) is 20.4 Å². The first-order valence-electron chi connectivity index (χ1n) is 13.0. The van der Waals surface area contributed by atoms with E-state index < -0.39 is 17.8 Å². The molecule has 3 amide bonds. The number of alkyl carbamates (subject to hydrolysis) is 1. The predicted molar refractivity (Wildman–Crippen MR) is 151 cm³/mol. The average molecular weight is 550 g/mol. The van der Waals surface area contributed by atoms with Gasteiger partial charge in [0.1, 0.15) is 5.60 Å². The van der Waals surface area contributed by atoms with Crippen molar-refractivity contribution in [3.8, 4) is 11.3 Å². The van der Waals surface area contributed by atoms with Crippen molar-refractivity contribution in [2.75, 3.05) is 25.0 Å². The molecular weight excluding hydrogens is 514 g/mol. The lowest BCUT2D eigenvalue weighted by atomic mass is 10.1. The van der Waals surface area contributed by atoms with E-state index in [0.29, 0.717) is 11.4 Å². The Labute approximate surface area is 232 Å². The molecule has 0 fully saturated rings. The van der Waals surface area contributed by atoms with Crippen LogP contribution in [0, 0.1) is 0 Å². The summed E-state index contributed by atoms with van der Waals surface area (Å²) in [5.74, 6) is -0.197. The Kier molecular flexibility index (Phi) is 10.4. The third kappa shape index (κ3) is 9.90. The lowest BCUT2D eigenvalue weighted by Gasteiger charge is -2.19. The SMILES string of the molecule is CCOC(=O)Nc1cccc(Cn2nc(-c3cccc(CC(=O)NCCNC(=O)OC(C)(C)C)c3)ccc2=O)c1. The van der Waals surface area contributed by atoms with E-state index in [1.165, 1.54) is 10.7 Å². The molecule has 11 heteroatoms. The van der Waals surface area contributed by atoms with Crippen molar-refractivity contribution >= 4 is 23.8 Å². The van der Waals surface area contributed by atoms with Crippen molar-refractivity contribution in [3.63, 3.8) is 0 Å². The summed E-state index contributed by atoms with van der Waals surface area (Å²) in [5, 5.41) is 12.5. The molecule has 3 N–H and O–H groups in total. The number of carbonyl (C=O) groups excluding carboxylic acids is 3. The number of hydrogen-bond donors (Lipinski definition) is 3. The number of amides is 3. The molecule has 40 heavy (non-hydrogen) atoms. The molecular formula is C29H35N5O6. The minimum absolute atomic E-state index is 0.139. The summed E-state index contributed by atoms with van der Waals surface area (Å²) < 4.78 is 11.4. The molecule has 0 saturated carbocycles. The molecule has 3 aromatic rings. The van der Waals surface area contributed by atoms with Gasteiger partial charge in [-0.25, -0.2) is 14.3 Å². The zero-order valence-electron chi connectivity index (χ0n) is 23.2. The molecule has 1 aromatic heterocycles. The van der Waals surface area contributed by atoms with Crippen molar-refractivity contribution < 1.29 is 23.9 Å². The second-order valence-electron chi connectivity index (χ2n) is 9.92. The third-order valence-electron chi connectivity index (χ3n) is 5.35. The maximum Gasteiger partial charge on any atom is 0.411 e. The highest BCUT2D eigenvalue weighted by Crippen LogP contribution is 2.18. The number of aromatic nitrogens is 2. The van der Waals surface area contributed by atoms with Gasteiger partial charge in [-0.2, -0.15) is 5.10 Å². The van der Waals surface area contributed by atoms with Crippen LogP contribution in [0.25, 0.3) is 11.3 Å². The van der Waals surface area contributed by atoms with Crippen LogP contribution in [0.3, 0.4) is 0 Å². The van der Waals surface area contributed by atoms with Crippen LogP contribution < -0.4 is 21.5 Å². The maximum absolute atomic E-state index is 12.5. The molecule has 0 saturated heterocycles. The zero-order chi connectivity index (χ0) is 29.1. The summed E-state index contributed by atoms with van der Waals surface area (Å²) in [6, 6.07) is 17.5. The van der Waals surface area contributed by atoms with Crippen LogP contribution in [-0.2, 0) is 27.2 Å². The van der Waals surface area contributed by atoms with E-state index in [2.05, 4.69) is 21.0 Å². The molecule has 0 atom stereocenters. The highest BCUT2D eigenvalue weighted by Gasteiger charge is 2.15. The molecule has 0 unspecified atom stereocenters. The predicted octanol–water partition coefficient (Wildman–Crippen LogP) is 3.71. The van der Waals surface area contributed by atoms with E-state index in [4.69, 9.17) is 9.47 Å². The van der Waals surface area contributed by atoms with Crippen LogP contribution in [-0.4, -0.2) is 53.2 Å². The van der Waals surface area contributed by atoms with Crippen LogP contribution in [0.2, 0.25) is 0 Å². The molecule has 0 aliphatic carbocycles. The molecule has 0 spiro atoms. The molecule has 212 valence electrons. The van der Waals surface area contributed by atoms with Crippen LogP contribution in [0.1, 0.15) is 38.8 Å². The Bertz CT molecular complexity index is 1400. The van der Waals surface area contributed by atoms with Crippen molar-refractivity contribution in [2.45, 2.75) is 46.3 Å². The largest absolute Gasteiger partial charge is 0.450 e. The second kappa shape index (κ2) is 13.9. The van der Waals surface area contributed by atoms with Gasteiger partial charge in [-0.05, 0) is 63.1 Å². The highest BCUT2D eigenvalue weighted by atomic mass is 16.6. The first kappa shape index (κ1) is 29.9. The Morgan fingerprint density at radius 1 is 0.900 bits per heavy atom. The number of nitrogens with zero attached hydrogens (tertiary/aromatic N) is 2. The zero-order valence-corrected chi connectivity index (χ0v) is 23.2. The summed E-state index contributed by atoms with van der Waals surface area (Å²) >= 11 is 0. The number of rotatable bonds is 10. The van der Waals surface area contributed by atoms with E-state index in [-0.39, 0.29) is 44.1 Å². The average Bonchev–Trinajstić information content (AvgIpc) is 2.87. The van der Waals surface area contributed by atoms with Gasteiger partial charge in [-0.1, -0.05) is 30.3 Å². The molecule has 3 rings (SSSR count). The first-order chi connectivity index (χ1) is 19.0. The van der Waals surface area contributed by atoms with Crippen LogP contribution in [0.4, 0.5) is 15.3 Å². The first-order valence-corrected chi connectivity index (χ1v) is 13.0. The smallest absolute Gasteiger partial charge is 0.411 e. The van der Waals surface area contributed by atoms with Gasteiger partial charge >= 0.3 is 12.2 Å². The van der Waals surface area contributed by atoms with E-state index >= 15 is 0 Å². The molecule has 0 aliphatic rings. The van der Waals surface area contributed by atoms with Gasteiger partial charge in [0.2, 0.25) is 5.91 Å². The minimum Gasteiger partial charge on any atom is -0.450 e. The summed E-state index contributed by atoms with van der Waals surface area (Å²) in [5.41, 5.74) is 2.55. The number of ether oxygens (including phenoxy) is 2. The van der Waals surface area contributed by atoms with Crippen LogP contribution in [0.5, 0.6) is 0 Å². The van der Waals surface area contributed by atoms with Gasteiger partial charge < -0.3 is 20.1 Å². The lowest BCUT2D eigenvalue weighted by Crippen LogP contribution is -2.38. The summed E-state index contributed by atoms with van der Waals surface area (Å²) in [6.07, 6.45) is -0.951. The van der Waals surface area contributed by atoms with Gasteiger partial charge in [0.25, 0.3) is 5.56 Å². The number of carbonyl (C=O) groups is 3. The Morgan fingerprint density at radius 3 is 2.38 bits per heavy atom. The fraction of sp³-hybridized carbons (Fsp3) is 0.345. The quantitative estimate of drug-likeness (QED) is 0.328. The minimum atomic E-state index is -0.589. The Morgan fingerprint density at radius 2 is 1.62 bits per heavy atom. The van der Waals surface area contributed by atoms with E-state index in [1.54, 1.807) is 52.0 Å². The second-order valence-corrected chi connectivity index (χ2v) is 9.92. The fourth-order valence-electron chi connectivity index (χ4n) is 3.69. The van der Waals surface area contributed by atoms with Crippen molar-refractivity contribution in [3.05, 3.63) is 82.1 Å². The molecule has 1 heterocycles. The van der Waals surface area contributed by atoms with Gasteiger partial charge in [0.05, 0.1) is 25.3 Å². The molecule has 0 radical (unpaired) electrons. The van der Waals surface area contributed by atoms with Gasteiger partial charge in [0.15, 0.2) is 0 Å². The topological polar surface area (TPSA) is 141 Å². The number of anilines is 1. The molecule has 2 aromatic carbocycles. The summed E-state index contributed by atoms with van der Waals surface area (Å²) in [6.45, 7) is 8.02. The van der Waals surface area contributed by atoms with Crippen molar-refractivity contribution in [2.24, 2.45) is 0 Å². The van der Waals surface area contributed by atoms with Crippen LogP contribution in [0.15, 0.2) is 65.5 Å². The molecule has 11 nitrogen and oxygen atoms in total. The number of benzene rings is 2. The monoisotopic (exact) mass is 549 g/mol. The molecule has 0 bridgehead atoms. The fourth-order valence-corrected chi connectivity index (χ4v) is 3.69. The summed E-state index contributed by atoms with van der Waals surface area (Å²) in [4.78, 5) is 48.4. The normalized spacial score (nSPS) is 10.9. The standard InChI is InChI=1S/C29H35N5O6/c1-5-39-28(38)32-23-11-7-9-21(17-23)19-34-26(36)13-12-24(33-34)22-10-6-8-20(16-22)18-25(35)30-14-15-31-27(37)40-29(2,3)4/h6-13,16-17H,5,14-15,18-19H2,1-4H3,(H,30,35)(H,31,37)(H,32,38). The lowest BCUT2D eigenvalue weighted by molar-refractivity contribution is -0.120. The van der Waals surface area contributed by atoms with E-state index in [9.17, 15) is 19.2 Å². The number of nitrogens with one attached hydrogen (secondary N) is 3. The van der Waals surface area contributed by atoms with E-state index in [0.717, 1.165) is 16.7 Å². The number of hydrogen-bond acceptors (Lipinski definition) is 7. The van der Waals surface area contributed by atoms with Crippen molar-refractivity contribution in [1.29, 1.82) is 0 Å². The van der Waals surface area contributed by atoms with Gasteiger partial charge in [-0.15, -0.1) is 0 Å². The molecule has 0 aliphatic heterocycles. The maximum atomic E-state index is 12.5. The highest BCUT2D eigenvalue weighted by molar-refractivity contribution is 5.84. The Balaban J connectivity index is 1.61. The third-order valence-corrected chi connectivity index (χ3v) is 5.35. The van der Waals surface area contributed by atoms with Gasteiger partial charge in [0, 0.05) is 30.4 Å². The van der Waals surface area contributed by atoms with Gasteiger partial charge in [-0.3, -0.25) is 14.9 Å². The van der Waals surface area contributed by atoms with E-state index in [1.807, 2.05) is 30.3 Å². The Hall–Kier alpha value is -4.67. The van der Waals surface area contributed by atoms with Crippen LogP contribution >= 0.6 is 0 Å². The summed E-state index contributed by atoms with van der Waals surface area (Å²) in [7, 11) is 0.